The van der Waals surface area contributed by atoms with Gasteiger partial charge in [-0.2, -0.15) is 0 Å². The Morgan fingerprint density at radius 3 is 2.73 bits per heavy atom. The van der Waals surface area contributed by atoms with Crippen LogP contribution in [0.3, 0.4) is 0 Å². The highest BCUT2D eigenvalue weighted by Gasteiger charge is 2.11. The first-order valence-corrected chi connectivity index (χ1v) is 10.7. The molecule has 4 aromatic rings. The summed E-state index contributed by atoms with van der Waals surface area (Å²) in [5.41, 5.74) is 3.38. The normalized spacial score (nSPS) is 10.8. The topological polar surface area (TPSA) is 86.9 Å². The first-order chi connectivity index (χ1) is 14.6. The number of carbonyl (C=O) groups excluding carboxylic acids is 2. The zero-order chi connectivity index (χ0) is 20.9. The Morgan fingerprint density at radius 1 is 1.10 bits per heavy atom. The highest BCUT2D eigenvalue weighted by Crippen LogP contribution is 2.19. The maximum absolute atomic E-state index is 12.2. The molecule has 0 atom stereocenters. The zero-order valence-corrected chi connectivity index (χ0v) is 17.5. The van der Waals surface area contributed by atoms with Gasteiger partial charge in [0.05, 0.1) is 12.1 Å². The maximum atomic E-state index is 12.2. The smallest absolute Gasteiger partial charge is 0.257 e. The summed E-state index contributed by atoms with van der Waals surface area (Å²) >= 11 is 7.13. The number of hydrogen-bond donors (Lipinski definition) is 3. The molecule has 2 heterocycles. The number of fused-ring (bicyclic) bond motifs is 1. The van der Waals surface area contributed by atoms with E-state index in [0.29, 0.717) is 28.0 Å². The van der Waals surface area contributed by atoms with E-state index in [4.69, 9.17) is 11.6 Å². The predicted molar refractivity (Wildman–Crippen MR) is 120 cm³/mol. The van der Waals surface area contributed by atoms with Crippen LogP contribution in [0.25, 0.3) is 10.9 Å². The van der Waals surface area contributed by atoms with Gasteiger partial charge >= 0.3 is 0 Å². The highest BCUT2D eigenvalue weighted by molar-refractivity contribution is 7.14. The number of carbonyl (C=O) groups is 2. The molecule has 0 aliphatic rings. The van der Waals surface area contributed by atoms with Gasteiger partial charge in [-0.15, -0.1) is 11.3 Å². The van der Waals surface area contributed by atoms with E-state index in [2.05, 4.69) is 26.7 Å². The first kappa shape index (κ1) is 20.1. The Bertz CT molecular complexity index is 1180. The van der Waals surface area contributed by atoms with Gasteiger partial charge in [0.25, 0.3) is 5.91 Å². The minimum atomic E-state index is -0.268. The van der Waals surface area contributed by atoms with Gasteiger partial charge in [-0.25, -0.2) is 4.98 Å². The first-order valence-electron chi connectivity index (χ1n) is 9.41. The van der Waals surface area contributed by atoms with Crippen molar-refractivity contribution in [2.45, 2.75) is 12.8 Å². The van der Waals surface area contributed by atoms with E-state index in [0.717, 1.165) is 11.9 Å². The monoisotopic (exact) mass is 438 g/mol. The van der Waals surface area contributed by atoms with E-state index in [1.807, 2.05) is 24.4 Å². The fraction of sp³-hybridized carbons (Fsp3) is 0.136. The van der Waals surface area contributed by atoms with E-state index in [-0.39, 0.29) is 18.2 Å². The molecule has 0 fully saturated rings. The van der Waals surface area contributed by atoms with Crippen LogP contribution in [0, 0.1) is 0 Å². The number of amides is 2. The van der Waals surface area contributed by atoms with Crippen molar-refractivity contribution in [3.63, 3.8) is 0 Å². The summed E-state index contributed by atoms with van der Waals surface area (Å²) in [5, 5.41) is 9.64. The molecule has 0 aliphatic heterocycles. The van der Waals surface area contributed by atoms with Crippen LogP contribution in [0.2, 0.25) is 5.02 Å². The van der Waals surface area contributed by atoms with Crippen LogP contribution in [0.1, 0.15) is 21.6 Å². The van der Waals surface area contributed by atoms with Gasteiger partial charge in [-0.1, -0.05) is 29.8 Å². The number of hydrogen-bond acceptors (Lipinski definition) is 4. The van der Waals surface area contributed by atoms with Crippen molar-refractivity contribution in [3.8, 4) is 0 Å². The van der Waals surface area contributed by atoms with E-state index in [9.17, 15) is 9.59 Å². The molecule has 0 saturated heterocycles. The second kappa shape index (κ2) is 9.11. The van der Waals surface area contributed by atoms with Crippen molar-refractivity contribution in [2.75, 3.05) is 11.9 Å². The second-order valence-corrected chi connectivity index (χ2v) is 8.04. The van der Waals surface area contributed by atoms with Crippen molar-refractivity contribution < 1.29 is 9.59 Å². The number of aromatic amines is 1. The minimum Gasteiger partial charge on any atom is -0.361 e. The van der Waals surface area contributed by atoms with Crippen molar-refractivity contribution in [2.24, 2.45) is 0 Å². The van der Waals surface area contributed by atoms with Crippen LogP contribution in [0.5, 0.6) is 0 Å². The lowest BCUT2D eigenvalue weighted by Crippen LogP contribution is -2.27. The molecule has 0 bridgehead atoms. The summed E-state index contributed by atoms with van der Waals surface area (Å²) in [7, 11) is 0. The van der Waals surface area contributed by atoms with Crippen molar-refractivity contribution in [1.82, 2.24) is 15.3 Å². The average Bonchev–Trinajstić information content (AvgIpc) is 3.35. The number of nitrogens with one attached hydrogen (secondary N) is 3. The zero-order valence-electron chi connectivity index (χ0n) is 15.9. The number of thiazole rings is 1. The Labute approximate surface area is 182 Å². The lowest BCUT2D eigenvalue weighted by Gasteiger charge is -2.04. The Kier molecular flexibility index (Phi) is 6.11. The van der Waals surface area contributed by atoms with Crippen LogP contribution in [0.4, 0.5) is 5.13 Å². The highest BCUT2D eigenvalue weighted by atomic mass is 35.5. The molecule has 2 aromatic heterocycles. The Hall–Kier alpha value is -3.16. The Balaban J connectivity index is 1.26. The molecule has 2 amide bonds. The molecule has 6 nitrogen and oxygen atoms in total. The summed E-state index contributed by atoms with van der Waals surface area (Å²) in [6, 6.07) is 14.7. The molecule has 0 aliphatic carbocycles. The van der Waals surface area contributed by atoms with Gasteiger partial charge in [0.15, 0.2) is 5.13 Å². The number of anilines is 1. The van der Waals surface area contributed by atoms with Crippen LogP contribution in [-0.2, 0) is 17.6 Å². The number of aromatic nitrogens is 2. The van der Waals surface area contributed by atoms with E-state index >= 15 is 0 Å². The van der Waals surface area contributed by atoms with E-state index < -0.39 is 0 Å². The summed E-state index contributed by atoms with van der Waals surface area (Å²) in [6.45, 7) is 0.547. The standard InChI is InChI=1S/C22H19ClN4O2S/c23-16-7-5-14(6-8-16)21(29)27-22-26-17(13-30-22)11-20(28)24-10-9-15-12-25-19-4-2-1-3-18(15)19/h1-8,12-13,25H,9-11H2,(H,24,28)(H,26,27,29). The number of para-hydroxylation sites is 1. The van der Waals surface area contributed by atoms with Gasteiger partial charge in [-0.3, -0.25) is 14.9 Å². The summed E-state index contributed by atoms with van der Waals surface area (Å²) in [4.78, 5) is 32.0. The molecule has 0 saturated carbocycles. The number of benzene rings is 2. The summed E-state index contributed by atoms with van der Waals surface area (Å²) in [6.07, 6.45) is 2.89. The van der Waals surface area contributed by atoms with Crippen molar-refractivity contribution in [1.29, 1.82) is 0 Å². The molecule has 152 valence electrons. The van der Waals surface area contributed by atoms with Crippen LogP contribution in [0.15, 0.2) is 60.1 Å². The van der Waals surface area contributed by atoms with Crippen LogP contribution in [-0.4, -0.2) is 28.3 Å². The maximum Gasteiger partial charge on any atom is 0.257 e. The number of rotatable bonds is 7. The SMILES string of the molecule is O=C(Cc1csc(NC(=O)c2ccc(Cl)cc2)n1)NCCc1c[nH]c2ccccc12. The third-order valence-electron chi connectivity index (χ3n) is 4.61. The fourth-order valence-corrected chi connectivity index (χ4v) is 3.95. The van der Waals surface area contributed by atoms with Crippen molar-refractivity contribution in [3.05, 3.63) is 82.0 Å². The largest absolute Gasteiger partial charge is 0.361 e. The van der Waals surface area contributed by atoms with Gasteiger partial charge in [0.1, 0.15) is 0 Å². The number of H-pyrrole nitrogens is 1. The van der Waals surface area contributed by atoms with Crippen molar-refractivity contribution >= 4 is 50.8 Å². The molecule has 0 radical (unpaired) electrons. The predicted octanol–water partition coefficient (Wildman–Crippen LogP) is 4.43. The Morgan fingerprint density at radius 2 is 1.90 bits per heavy atom. The van der Waals surface area contributed by atoms with E-state index in [1.54, 1.807) is 29.6 Å². The average molecular weight is 439 g/mol. The molecule has 0 spiro atoms. The molecule has 30 heavy (non-hydrogen) atoms. The van der Waals surface area contributed by atoms with Gasteiger partial charge in [0, 0.05) is 39.6 Å². The lowest BCUT2D eigenvalue weighted by atomic mass is 10.1. The molecular formula is C22H19ClN4O2S. The summed E-state index contributed by atoms with van der Waals surface area (Å²) in [5.74, 6) is -0.369. The van der Waals surface area contributed by atoms with E-state index in [1.165, 1.54) is 22.3 Å². The minimum absolute atomic E-state index is 0.101. The quantitative estimate of drug-likeness (QED) is 0.399. The van der Waals surface area contributed by atoms with Crippen LogP contribution < -0.4 is 10.6 Å². The molecule has 4 rings (SSSR count). The lowest BCUT2D eigenvalue weighted by molar-refractivity contribution is -0.120. The van der Waals surface area contributed by atoms with Gasteiger partial charge in [-0.05, 0) is 42.3 Å². The molecular weight excluding hydrogens is 420 g/mol. The third kappa shape index (κ3) is 4.87. The third-order valence-corrected chi connectivity index (χ3v) is 5.67. The molecule has 8 heteroatoms. The molecule has 2 aromatic carbocycles. The summed E-state index contributed by atoms with van der Waals surface area (Å²) < 4.78 is 0. The number of halogens is 1. The molecule has 3 N–H and O–H groups in total. The van der Waals surface area contributed by atoms with Crippen LogP contribution >= 0.6 is 22.9 Å². The van der Waals surface area contributed by atoms with Gasteiger partial charge < -0.3 is 10.3 Å². The number of nitrogens with zero attached hydrogens (tertiary/aromatic N) is 1. The fourth-order valence-electron chi connectivity index (χ4n) is 3.12. The molecule has 0 unspecified atom stereocenters. The van der Waals surface area contributed by atoms with Gasteiger partial charge in [0.2, 0.25) is 5.91 Å². The second-order valence-electron chi connectivity index (χ2n) is 6.74.